The molecule has 0 radical (unpaired) electrons. The van der Waals surface area contributed by atoms with E-state index < -0.39 is 0 Å². The second-order valence-electron chi connectivity index (χ2n) is 4.78. The minimum Gasteiger partial charge on any atom is -0.467 e. The third-order valence-corrected chi connectivity index (χ3v) is 3.81. The molecule has 1 saturated carbocycles. The summed E-state index contributed by atoms with van der Waals surface area (Å²) in [7, 11) is 3.33. The highest BCUT2D eigenvalue weighted by atomic mass is 16.5. The van der Waals surface area contributed by atoms with Crippen LogP contribution < -0.4 is 15.4 Å². The van der Waals surface area contributed by atoms with E-state index in [4.69, 9.17) is 4.74 Å². The van der Waals surface area contributed by atoms with E-state index in [0.717, 1.165) is 6.54 Å². The highest BCUT2D eigenvalue weighted by Crippen LogP contribution is 2.43. The maximum absolute atomic E-state index is 5.05. The molecule has 0 aliphatic heterocycles. The van der Waals surface area contributed by atoms with Crippen LogP contribution in [0.1, 0.15) is 32.6 Å². The SMILES string of the molecule is CCC1(CNc2nc(NC)nc(OC)n2)CCC1. The summed E-state index contributed by atoms with van der Waals surface area (Å²) in [5.41, 5.74) is 0.430. The molecule has 100 valence electrons. The Bertz CT molecular complexity index is 378. The van der Waals surface area contributed by atoms with Crippen LogP contribution in [0.25, 0.3) is 0 Å². The van der Waals surface area contributed by atoms with E-state index in [0.29, 0.717) is 23.3 Å². The molecule has 1 aliphatic carbocycles. The number of methoxy groups -OCH3 is 1. The number of nitrogens with one attached hydrogen (secondary N) is 2. The first-order valence-corrected chi connectivity index (χ1v) is 6.43. The molecule has 0 spiro atoms. The summed E-state index contributed by atoms with van der Waals surface area (Å²) in [5.74, 6) is 1.09. The molecule has 0 aromatic carbocycles. The molecule has 0 amide bonds. The molecule has 0 atom stereocenters. The van der Waals surface area contributed by atoms with Crippen LogP contribution in [0.2, 0.25) is 0 Å². The van der Waals surface area contributed by atoms with Gasteiger partial charge in [0.2, 0.25) is 11.9 Å². The van der Waals surface area contributed by atoms with Crippen LogP contribution in [0.4, 0.5) is 11.9 Å². The van der Waals surface area contributed by atoms with Crippen LogP contribution in [-0.2, 0) is 0 Å². The highest BCUT2D eigenvalue weighted by Gasteiger charge is 2.34. The molecule has 0 saturated heterocycles. The second-order valence-corrected chi connectivity index (χ2v) is 4.78. The lowest BCUT2D eigenvalue weighted by Crippen LogP contribution is -2.36. The van der Waals surface area contributed by atoms with Gasteiger partial charge in [0, 0.05) is 13.6 Å². The first kappa shape index (κ1) is 12.9. The van der Waals surface area contributed by atoms with Crippen LogP contribution in [-0.4, -0.2) is 35.7 Å². The monoisotopic (exact) mass is 251 g/mol. The summed E-state index contributed by atoms with van der Waals surface area (Å²) in [6.45, 7) is 3.16. The van der Waals surface area contributed by atoms with Gasteiger partial charge < -0.3 is 15.4 Å². The Morgan fingerprint density at radius 2 is 1.94 bits per heavy atom. The Morgan fingerprint density at radius 1 is 1.22 bits per heavy atom. The quantitative estimate of drug-likeness (QED) is 0.804. The molecule has 6 nitrogen and oxygen atoms in total. The highest BCUT2D eigenvalue weighted by molar-refractivity contribution is 5.35. The molecule has 1 aliphatic rings. The van der Waals surface area contributed by atoms with Crippen molar-refractivity contribution in [3.63, 3.8) is 0 Å². The maximum atomic E-state index is 5.05. The van der Waals surface area contributed by atoms with Gasteiger partial charge in [-0.1, -0.05) is 13.3 Å². The van der Waals surface area contributed by atoms with Gasteiger partial charge >= 0.3 is 6.01 Å². The average molecular weight is 251 g/mol. The molecule has 18 heavy (non-hydrogen) atoms. The van der Waals surface area contributed by atoms with Crippen LogP contribution in [0.5, 0.6) is 6.01 Å². The number of ether oxygens (including phenoxy) is 1. The van der Waals surface area contributed by atoms with Gasteiger partial charge in [0.1, 0.15) is 0 Å². The van der Waals surface area contributed by atoms with E-state index in [1.54, 1.807) is 14.2 Å². The number of nitrogens with zero attached hydrogens (tertiary/aromatic N) is 3. The summed E-state index contributed by atoms with van der Waals surface area (Å²) in [6.07, 6.45) is 5.11. The minimum absolute atomic E-state index is 0.330. The summed E-state index contributed by atoms with van der Waals surface area (Å²) in [6, 6.07) is 0.330. The van der Waals surface area contributed by atoms with E-state index in [-0.39, 0.29) is 0 Å². The van der Waals surface area contributed by atoms with E-state index in [2.05, 4.69) is 32.5 Å². The van der Waals surface area contributed by atoms with Crippen molar-refractivity contribution < 1.29 is 4.74 Å². The number of aromatic nitrogens is 3. The Labute approximate surface area is 108 Å². The molecule has 2 rings (SSSR count). The normalized spacial score (nSPS) is 16.8. The summed E-state index contributed by atoms with van der Waals surface area (Å²) in [5, 5.41) is 6.20. The molecule has 1 aromatic heterocycles. The second kappa shape index (κ2) is 5.37. The molecule has 0 bridgehead atoms. The molecule has 6 heteroatoms. The van der Waals surface area contributed by atoms with Crippen LogP contribution in [0.15, 0.2) is 0 Å². The molecule has 1 aromatic rings. The number of hydrogen-bond acceptors (Lipinski definition) is 6. The van der Waals surface area contributed by atoms with Crippen molar-refractivity contribution in [2.45, 2.75) is 32.6 Å². The first-order chi connectivity index (χ1) is 8.71. The fraction of sp³-hybridized carbons (Fsp3) is 0.750. The molecular weight excluding hydrogens is 230 g/mol. The third kappa shape index (κ3) is 2.63. The summed E-state index contributed by atoms with van der Waals surface area (Å²) < 4.78 is 5.05. The van der Waals surface area contributed by atoms with Crippen LogP contribution in [0.3, 0.4) is 0 Å². The Balaban J connectivity index is 2.04. The van der Waals surface area contributed by atoms with Gasteiger partial charge in [-0.05, 0) is 24.7 Å². The smallest absolute Gasteiger partial charge is 0.322 e. The topological polar surface area (TPSA) is 72.0 Å². The first-order valence-electron chi connectivity index (χ1n) is 6.43. The lowest BCUT2D eigenvalue weighted by molar-refractivity contribution is 0.144. The standard InChI is InChI=1S/C12H21N5O/c1-4-12(6-5-7-12)8-14-10-15-9(13-2)16-11(17-10)18-3/h4-8H2,1-3H3,(H2,13,14,15,16,17). The van der Waals surface area contributed by atoms with Gasteiger partial charge in [0.05, 0.1) is 7.11 Å². The van der Waals surface area contributed by atoms with E-state index in [9.17, 15) is 0 Å². The van der Waals surface area contributed by atoms with Gasteiger partial charge in [-0.15, -0.1) is 0 Å². The summed E-state index contributed by atoms with van der Waals surface area (Å²) >= 11 is 0. The van der Waals surface area contributed by atoms with Crippen molar-refractivity contribution in [2.75, 3.05) is 31.3 Å². The average Bonchev–Trinajstić information content (AvgIpc) is 2.37. The number of anilines is 2. The van der Waals surface area contributed by atoms with Crippen LogP contribution >= 0.6 is 0 Å². The van der Waals surface area contributed by atoms with E-state index >= 15 is 0 Å². The molecule has 2 N–H and O–H groups in total. The third-order valence-electron chi connectivity index (χ3n) is 3.81. The largest absolute Gasteiger partial charge is 0.467 e. The molecular formula is C12H21N5O. The minimum atomic E-state index is 0.330. The molecule has 1 fully saturated rings. The Kier molecular flexibility index (Phi) is 3.84. The zero-order valence-corrected chi connectivity index (χ0v) is 11.3. The van der Waals surface area contributed by atoms with Crippen molar-refractivity contribution in [1.29, 1.82) is 0 Å². The summed E-state index contributed by atoms with van der Waals surface area (Å²) in [4.78, 5) is 12.5. The zero-order chi connectivity index (χ0) is 13.0. The van der Waals surface area contributed by atoms with Crippen molar-refractivity contribution in [1.82, 2.24) is 15.0 Å². The van der Waals surface area contributed by atoms with Crippen molar-refractivity contribution in [3.8, 4) is 6.01 Å². The van der Waals surface area contributed by atoms with Gasteiger partial charge in [-0.25, -0.2) is 0 Å². The Hall–Kier alpha value is -1.59. The van der Waals surface area contributed by atoms with Crippen LogP contribution in [0, 0.1) is 5.41 Å². The van der Waals surface area contributed by atoms with Gasteiger partial charge in [-0.3, -0.25) is 0 Å². The zero-order valence-electron chi connectivity index (χ0n) is 11.3. The predicted octanol–water partition coefficient (Wildman–Crippen LogP) is 1.91. The van der Waals surface area contributed by atoms with Crippen molar-refractivity contribution in [3.05, 3.63) is 0 Å². The molecule has 0 unspecified atom stereocenters. The fourth-order valence-electron chi connectivity index (χ4n) is 2.24. The van der Waals surface area contributed by atoms with Gasteiger partial charge in [0.25, 0.3) is 0 Å². The number of hydrogen-bond donors (Lipinski definition) is 2. The van der Waals surface area contributed by atoms with Crippen molar-refractivity contribution >= 4 is 11.9 Å². The predicted molar refractivity (Wildman–Crippen MR) is 71.0 cm³/mol. The van der Waals surface area contributed by atoms with E-state index in [1.807, 2.05) is 0 Å². The molecule has 1 heterocycles. The van der Waals surface area contributed by atoms with E-state index in [1.165, 1.54) is 25.7 Å². The lowest BCUT2D eigenvalue weighted by Gasteiger charge is -2.41. The maximum Gasteiger partial charge on any atom is 0.322 e. The Morgan fingerprint density at radius 3 is 2.44 bits per heavy atom. The fourth-order valence-corrected chi connectivity index (χ4v) is 2.24. The van der Waals surface area contributed by atoms with Gasteiger partial charge in [0.15, 0.2) is 0 Å². The van der Waals surface area contributed by atoms with Gasteiger partial charge in [-0.2, -0.15) is 15.0 Å². The van der Waals surface area contributed by atoms with Crippen molar-refractivity contribution in [2.24, 2.45) is 5.41 Å². The number of rotatable bonds is 6. The lowest BCUT2D eigenvalue weighted by atomic mass is 9.67.